The Hall–Kier alpha value is -1.88. The zero-order valence-corrected chi connectivity index (χ0v) is 9.72. The Labute approximate surface area is 100 Å². The molecule has 0 spiro atoms. The van der Waals surface area contributed by atoms with Gasteiger partial charge in [0.05, 0.1) is 0 Å². The number of carbonyl (C=O) groups is 2. The van der Waals surface area contributed by atoms with E-state index in [4.69, 9.17) is 11.5 Å². The van der Waals surface area contributed by atoms with E-state index in [0.29, 0.717) is 5.56 Å². The summed E-state index contributed by atoms with van der Waals surface area (Å²) in [5.74, 6) is -0.873. The molecule has 0 aromatic heterocycles. The highest BCUT2D eigenvalue weighted by Crippen LogP contribution is 2.12. The molecule has 1 rings (SSSR count). The van der Waals surface area contributed by atoms with Crippen LogP contribution in [0.25, 0.3) is 0 Å². The van der Waals surface area contributed by atoms with E-state index in [-0.39, 0.29) is 18.4 Å². The van der Waals surface area contributed by atoms with Crippen molar-refractivity contribution in [3.63, 3.8) is 0 Å². The molecule has 2 atom stereocenters. The van der Waals surface area contributed by atoms with Crippen molar-refractivity contribution in [1.82, 2.24) is 5.32 Å². The summed E-state index contributed by atoms with van der Waals surface area (Å²) in [6.07, 6.45) is 0.163. The molecule has 5 heteroatoms. The summed E-state index contributed by atoms with van der Waals surface area (Å²) in [5.41, 5.74) is 11.4. The third-order valence-electron chi connectivity index (χ3n) is 2.23. The van der Waals surface area contributed by atoms with Gasteiger partial charge in [-0.15, -0.1) is 0 Å². The van der Waals surface area contributed by atoms with Gasteiger partial charge in [0.2, 0.25) is 11.8 Å². The highest BCUT2D eigenvalue weighted by Gasteiger charge is 2.20. The summed E-state index contributed by atoms with van der Waals surface area (Å²) in [6.45, 7) is 1.72. The van der Waals surface area contributed by atoms with Crippen molar-refractivity contribution in [2.45, 2.75) is 25.4 Å². The lowest BCUT2D eigenvalue weighted by Gasteiger charge is -2.16. The van der Waals surface area contributed by atoms with Crippen molar-refractivity contribution in [2.75, 3.05) is 0 Å². The van der Waals surface area contributed by atoms with Gasteiger partial charge in [0.15, 0.2) is 0 Å². The molecule has 0 radical (unpaired) electrons. The van der Waals surface area contributed by atoms with E-state index in [1.165, 1.54) is 0 Å². The van der Waals surface area contributed by atoms with E-state index >= 15 is 0 Å². The maximum Gasteiger partial charge on any atom is 0.244 e. The fourth-order valence-electron chi connectivity index (χ4n) is 1.48. The fourth-order valence-corrected chi connectivity index (χ4v) is 1.48. The predicted molar refractivity (Wildman–Crippen MR) is 64.8 cm³/mol. The van der Waals surface area contributed by atoms with Gasteiger partial charge in [-0.05, 0) is 12.5 Å². The number of amides is 2. The van der Waals surface area contributed by atoms with Crippen molar-refractivity contribution in [2.24, 2.45) is 11.5 Å². The van der Waals surface area contributed by atoms with Crippen molar-refractivity contribution < 1.29 is 9.59 Å². The maximum atomic E-state index is 11.5. The Bertz CT molecular complexity index is 390. The van der Waals surface area contributed by atoms with Crippen molar-refractivity contribution in [1.29, 1.82) is 0 Å². The quantitative estimate of drug-likeness (QED) is 0.673. The Kier molecular flexibility index (Phi) is 4.66. The molecule has 5 nitrogen and oxygen atoms in total. The van der Waals surface area contributed by atoms with Crippen LogP contribution in [0.1, 0.15) is 24.9 Å². The van der Waals surface area contributed by atoms with E-state index in [0.717, 1.165) is 0 Å². The molecule has 0 saturated carbocycles. The molecule has 0 bridgehead atoms. The molecule has 0 saturated heterocycles. The first-order valence-electron chi connectivity index (χ1n) is 5.40. The van der Waals surface area contributed by atoms with Crippen molar-refractivity contribution >= 4 is 11.8 Å². The molecule has 0 aliphatic rings. The van der Waals surface area contributed by atoms with Gasteiger partial charge < -0.3 is 16.8 Å². The summed E-state index contributed by atoms with van der Waals surface area (Å²) < 4.78 is 0. The molecule has 92 valence electrons. The van der Waals surface area contributed by atoms with Gasteiger partial charge in [-0.2, -0.15) is 0 Å². The standard InChI is InChI=1S/C12H17N3O2/c1-8(13)7-10(16)15-11(12(14)17)9-5-3-2-4-6-9/h2-6,8,11H,7,13H2,1H3,(H2,14,17)(H,15,16). The minimum Gasteiger partial charge on any atom is -0.368 e. The molecular weight excluding hydrogens is 218 g/mol. The monoisotopic (exact) mass is 235 g/mol. The lowest BCUT2D eigenvalue weighted by atomic mass is 10.1. The number of rotatable bonds is 5. The fraction of sp³-hybridized carbons (Fsp3) is 0.333. The Morgan fingerprint density at radius 3 is 2.35 bits per heavy atom. The zero-order valence-electron chi connectivity index (χ0n) is 9.72. The smallest absolute Gasteiger partial charge is 0.244 e. The van der Waals surface area contributed by atoms with Crippen molar-refractivity contribution in [3.05, 3.63) is 35.9 Å². The van der Waals surface area contributed by atoms with Crippen LogP contribution in [0.4, 0.5) is 0 Å². The summed E-state index contributed by atoms with van der Waals surface area (Å²) in [5, 5.41) is 2.57. The summed E-state index contributed by atoms with van der Waals surface area (Å²) in [7, 11) is 0. The van der Waals surface area contributed by atoms with Crippen LogP contribution in [0.15, 0.2) is 30.3 Å². The molecule has 0 heterocycles. The van der Waals surface area contributed by atoms with Crippen LogP contribution in [0.5, 0.6) is 0 Å². The van der Waals surface area contributed by atoms with E-state index in [1.807, 2.05) is 6.07 Å². The molecule has 2 amide bonds. The first-order chi connectivity index (χ1) is 8.00. The van der Waals surface area contributed by atoms with Crippen LogP contribution in [-0.2, 0) is 9.59 Å². The zero-order chi connectivity index (χ0) is 12.8. The maximum absolute atomic E-state index is 11.5. The highest BCUT2D eigenvalue weighted by molar-refractivity contribution is 5.87. The van der Waals surface area contributed by atoms with E-state index < -0.39 is 11.9 Å². The van der Waals surface area contributed by atoms with Crippen LogP contribution < -0.4 is 16.8 Å². The molecule has 5 N–H and O–H groups in total. The summed E-state index contributed by atoms with van der Waals surface area (Å²) >= 11 is 0. The average Bonchev–Trinajstić information content (AvgIpc) is 2.25. The van der Waals surface area contributed by atoms with Crippen LogP contribution in [0.3, 0.4) is 0 Å². The lowest BCUT2D eigenvalue weighted by molar-refractivity contribution is -0.127. The summed E-state index contributed by atoms with van der Waals surface area (Å²) in [4.78, 5) is 22.8. The van der Waals surface area contributed by atoms with Gasteiger partial charge in [-0.25, -0.2) is 0 Å². The molecule has 17 heavy (non-hydrogen) atoms. The van der Waals surface area contributed by atoms with Gasteiger partial charge in [-0.1, -0.05) is 30.3 Å². The normalized spacial score (nSPS) is 13.8. The van der Waals surface area contributed by atoms with Gasteiger partial charge >= 0.3 is 0 Å². The first-order valence-corrected chi connectivity index (χ1v) is 5.40. The Morgan fingerprint density at radius 1 is 1.29 bits per heavy atom. The molecule has 0 aliphatic heterocycles. The molecule has 0 aliphatic carbocycles. The molecule has 0 fully saturated rings. The second-order valence-corrected chi connectivity index (χ2v) is 3.99. The predicted octanol–water partition coefficient (Wildman–Crippen LogP) is 0.0665. The third kappa shape index (κ3) is 4.24. The third-order valence-corrected chi connectivity index (χ3v) is 2.23. The number of carbonyl (C=O) groups excluding carboxylic acids is 2. The number of hydrogen-bond acceptors (Lipinski definition) is 3. The van der Waals surface area contributed by atoms with Crippen LogP contribution in [-0.4, -0.2) is 17.9 Å². The minimum absolute atomic E-state index is 0.163. The average molecular weight is 235 g/mol. The van der Waals surface area contributed by atoms with E-state index in [9.17, 15) is 9.59 Å². The molecular formula is C12H17N3O2. The van der Waals surface area contributed by atoms with Crippen LogP contribution >= 0.6 is 0 Å². The van der Waals surface area contributed by atoms with Gasteiger partial charge in [0.25, 0.3) is 0 Å². The Morgan fingerprint density at radius 2 is 1.88 bits per heavy atom. The summed E-state index contributed by atoms with van der Waals surface area (Å²) in [6, 6.07) is 7.81. The minimum atomic E-state index is -0.803. The van der Waals surface area contributed by atoms with Crippen molar-refractivity contribution in [3.8, 4) is 0 Å². The van der Waals surface area contributed by atoms with Crippen LogP contribution in [0, 0.1) is 0 Å². The number of benzene rings is 1. The van der Waals surface area contributed by atoms with Gasteiger partial charge in [0.1, 0.15) is 6.04 Å². The highest BCUT2D eigenvalue weighted by atomic mass is 16.2. The SMILES string of the molecule is CC(N)CC(=O)NC(C(N)=O)c1ccccc1. The second-order valence-electron chi connectivity index (χ2n) is 3.99. The molecule has 1 aromatic rings. The molecule has 1 aromatic carbocycles. The largest absolute Gasteiger partial charge is 0.368 e. The van der Waals surface area contributed by atoms with E-state index in [1.54, 1.807) is 31.2 Å². The van der Waals surface area contributed by atoms with Gasteiger partial charge in [-0.3, -0.25) is 9.59 Å². The number of nitrogens with two attached hydrogens (primary N) is 2. The number of primary amides is 1. The van der Waals surface area contributed by atoms with Gasteiger partial charge in [0, 0.05) is 12.5 Å². The van der Waals surface area contributed by atoms with Crippen LogP contribution in [0.2, 0.25) is 0 Å². The number of hydrogen-bond donors (Lipinski definition) is 3. The first kappa shape index (κ1) is 13.2. The number of nitrogens with one attached hydrogen (secondary N) is 1. The topological polar surface area (TPSA) is 98.2 Å². The molecule has 2 unspecified atom stereocenters. The lowest BCUT2D eigenvalue weighted by Crippen LogP contribution is -2.39. The van der Waals surface area contributed by atoms with E-state index in [2.05, 4.69) is 5.32 Å². The second kappa shape index (κ2) is 6.00. The Balaban J connectivity index is 2.75.